The lowest BCUT2D eigenvalue weighted by Crippen LogP contribution is -2.36. The van der Waals surface area contributed by atoms with E-state index in [9.17, 15) is 4.79 Å². The molecule has 0 spiro atoms. The molecule has 2 aromatic heterocycles. The molecule has 0 aliphatic heterocycles. The van der Waals surface area contributed by atoms with E-state index in [0.29, 0.717) is 19.6 Å². The van der Waals surface area contributed by atoms with Gasteiger partial charge in [-0.1, -0.05) is 6.07 Å². The minimum Gasteiger partial charge on any atom is -0.340 e. The number of carbonyl (C=O) groups is 1. The van der Waals surface area contributed by atoms with E-state index >= 15 is 0 Å². The van der Waals surface area contributed by atoms with Crippen LogP contribution < -0.4 is 0 Å². The molecule has 0 aliphatic carbocycles. The van der Waals surface area contributed by atoms with Crippen LogP contribution in [0, 0.1) is 6.92 Å². The van der Waals surface area contributed by atoms with Gasteiger partial charge in [-0.2, -0.15) is 5.10 Å². The predicted octanol–water partition coefficient (Wildman–Crippen LogP) is 1.70. The zero-order valence-corrected chi connectivity index (χ0v) is 14.4. The number of hydrogen-bond donors (Lipinski definition) is 0. The lowest BCUT2D eigenvalue weighted by Gasteiger charge is -2.21. The van der Waals surface area contributed by atoms with Crippen LogP contribution in [-0.2, 0) is 24.4 Å². The highest BCUT2D eigenvalue weighted by molar-refractivity contribution is 5.77. The number of likely N-dealkylation sites (N-methyl/N-ethyl adjacent to an activating group) is 2. The second-order valence-corrected chi connectivity index (χ2v) is 5.88. The number of rotatable bonds is 7. The van der Waals surface area contributed by atoms with Crippen LogP contribution >= 0.6 is 0 Å². The highest BCUT2D eigenvalue weighted by Crippen LogP contribution is 2.09. The van der Waals surface area contributed by atoms with E-state index in [1.807, 2.05) is 55.1 Å². The monoisotopic (exact) mass is 315 g/mol. The molecule has 0 N–H and O–H groups in total. The summed E-state index contributed by atoms with van der Waals surface area (Å²) in [5.74, 6) is 0.0973. The van der Waals surface area contributed by atoms with Crippen molar-refractivity contribution in [2.45, 2.75) is 33.5 Å². The van der Waals surface area contributed by atoms with E-state index in [1.165, 1.54) is 0 Å². The van der Waals surface area contributed by atoms with Crippen molar-refractivity contribution in [3.8, 4) is 0 Å². The summed E-state index contributed by atoms with van der Waals surface area (Å²) in [6.07, 6.45) is 5.59. The number of aryl methyl sites for hydroxylation is 2. The van der Waals surface area contributed by atoms with Crippen LogP contribution in [0.25, 0.3) is 0 Å². The van der Waals surface area contributed by atoms with E-state index in [1.54, 1.807) is 11.1 Å². The molecule has 2 heterocycles. The maximum Gasteiger partial charge on any atom is 0.236 e. The molecule has 0 atom stereocenters. The molecule has 0 saturated carbocycles. The molecule has 0 saturated heterocycles. The molecule has 1 amide bonds. The van der Waals surface area contributed by atoms with Gasteiger partial charge in [0.1, 0.15) is 0 Å². The van der Waals surface area contributed by atoms with Crippen molar-refractivity contribution in [3.05, 3.63) is 47.5 Å². The van der Waals surface area contributed by atoms with E-state index in [2.05, 4.69) is 17.0 Å². The average molecular weight is 315 g/mol. The molecule has 2 rings (SSSR count). The maximum absolute atomic E-state index is 12.4. The Balaban J connectivity index is 1.88. The highest BCUT2D eigenvalue weighted by Gasteiger charge is 2.14. The fourth-order valence-corrected chi connectivity index (χ4v) is 2.43. The van der Waals surface area contributed by atoms with Crippen molar-refractivity contribution < 1.29 is 4.79 Å². The van der Waals surface area contributed by atoms with Gasteiger partial charge in [-0.15, -0.1) is 0 Å². The number of amides is 1. The zero-order chi connectivity index (χ0) is 16.8. The summed E-state index contributed by atoms with van der Waals surface area (Å²) in [7, 11) is 3.78. The fraction of sp³-hybridized carbons (Fsp3) is 0.471. The van der Waals surface area contributed by atoms with E-state index in [0.717, 1.165) is 23.4 Å². The molecule has 0 radical (unpaired) electrons. The second kappa shape index (κ2) is 7.87. The quantitative estimate of drug-likeness (QED) is 0.780. The summed E-state index contributed by atoms with van der Waals surface area (Å²) >= 11 is 0. The van der Waals surface area contributed by atoms with Crippen molar-refractivity contribution in [1.82, 2.24) is 24.6 Å². The van der Waals surface area contributed by atoms with E-state index in [4.69, 9.17) is 0 Å². The lowest BCUT2D eigenvalue weighted by molar-refractivity contribution is -0.131. The minimum absolute atomic E-state index is 0.0973. The van der Waals surface area contributed by atoms with E-state index in [-0.39, 0.29) is 5.91 Å². The fourth-order valence-electron chi connectivity index (χ4n) is 2.43. The SMILES string of the molecule is CCn1cc(CN(C)C(=O)CN(C)Cc2cccnc2)c(C)n1. The minimum atomic E-state index is 0.0973. The first kappa shape index (κ1) is 17.1. The Hall–Kier alpha value is -2.21. The molecular weight excluding hydrogens is 290 g/mol. The van der Waals surface area contributed by atoms with Crippen LogP contribution in [0.1, 0.15) is 23.7 Å². The first-order chi connectivity index (χ1) is 11.0. The van der Waals surface area contributed by atoms with Crippen LogP contribution in [0.4, 0.5) is 0 Å². The van der Waals surface area contributed by atoms with Crippen LogP contribution in [0.5, 0.6) is 0 Å². The Morgan fingerprint density at radius 3 is 2.70 bits per heavy atom. The number of pyridine rings is 1. The van der Waals surface area contributed by atoms with Gasteiger partial charge in [-0.25, -0.2) is 0 Å². The Morgan fingerprint density at radius 1 is 1.30 bits per heavy atom. The van der Waals surface area contributed by atoms with Crippen LogP contribution in [0.15, 0.2) is 30.7 Å². The number of hydrogen-bond acceptors (Lipinski definition) is 4. The van der Waals surface area contributed by atoms with E-state index < -0.39 is 0 Å². The number of aromatic nitrogens is 3. The lowest BCUT2D eigenvalue weighted by atomic mass is 10.2. The van der Waals surface area contributed by atoms with Crippen LogP contribution in [-0.4, -0.2) is 51.1 Å². The molecule has 2 aromatic rings. The summed E-state index contributed by atoms with van der Waals surface area (Å²) in [5.41, 5.74) is 3.18. The van der Waals surface area contributed by atoms with Crippen molar-refractivity contribution >= 4 is 5.91 Å². The Labute approximate surface area is 137 Å². The highest BCUT2D eigenvalue weighted by atomic mass is 16.2. The summed E-state index contributed by atoms with van der Waals surface area (Å²) < 4.78 is 1.90. The first-order valence-electron chi connectivity index (χ1n) is 7.84. The summed E-state index contributed by atoms with van der Waals surface area (Å²) in [5, 5.41) is 4.42. The smallest absolute Gasteiger partial charge is 0.236 e. The van der Waals surface area contributed by atoms with Crippen molar-refractivity contribution in [3.63, 3.8) is 0 Å². The van der Waals surface area contributed by atoms with Gasteiger partial charge in [-0.3, -0.25) is 19.4 Å². The molecular formula is C17H25N5O. The molecule has 0 fully saturated rings. The Bertz CT molecular complexity index is 638. The predicted molar refractivity (Wildman–Crippen MR) is 89.7 cm³/mol. The third-order valence-electron chi connectivity index (χ3n) is 3.79. The molecule has 0 aliphatic rings. The molecule has 0 unspecified atom stereocenters. The van der Waals surface area contributed by atoms with Gasteiger partial charge in [0.15, 0.2) is 0 Å². The van der Waals surface area contributed by atoms with Crippen molar-refractivity contribution in [2.75, 3.05) is 20.6 Å². The standard InChI is InChI=1S/C17H25N5O/c1-5-22-12-16(14(2)19-22)11-21(4)17(23)13-20(3)10-15-7-6-8-18-9-15/h6-9,12H,5,10-11,13H2,1-4H3. The Kier molecular flexibility index (Phi) is 5.87. The molecule has 6 heteroatoms. The molecule has 124 valence electrons. The zero-order valence-electron chi connectivity index (χ0n) is 14.4. The van der Waals surface area contributed by atoms with Crippen LogP contribution in [0.3, 0.4) is 0 Å². The number of carbonyl (C=O) groups excluding carboxylic acids is 1. The number of nitrogens with zero attached hydrogens (tertiary/aromatic N) is 5. The van der Waals surface area contributed by atoms with Gasteiger partial charge >= 0.3 is 0 Å². The van der Waals surface area contributed by atoms with Gasteiger partial charge in [0.05, 0.1) is 12.2 Å². The molecule has 0 bridgehead atoms. The van der Waals surface area contributed by atoms with Crippen molar-refractivity contribution in [1.29, 1.82) is 0 Å². The van der Waals surface area contributed by atoms with Gasteiger partial charge in [0.2, 0.25) is 5.91 Å². The summed E-state index contributed by atoms with van der Waals surface area (Å²) in [6.45, 7) is 6.55. The first-order valence-corrected chi connectivity index (χ1v) is 7.84. The third-order valence-corrected chi connectivity index (χ3v) is 3.79. The van der Waals surface area contributed by atoms with Crippen molar-refractivity contribution in [2.24, 2.45) is 0 Å². The third kappa shape index (κ3) is 4.89. The largest absolute Gasteiger partial charge is 0.340 e. The van der Waals surface area contributed by atoms with Crippen LogP contribution in [0.2, 0.25) is 0 Å². The van der Waals surface area contributed by atoms with Gasteiger partial charge in [0.25, 0.3) is 0 Å². The molecule has 0 aromatic carbocycles. The summed E-state index contributed by atoms with van der Waals surface area (Å²) in [6, 6.07) is 3.92. The normalized spacial score (nSPS) is 11.0. The molecule has 6 nitrogen and oxygen atoms in total. The second-order valence-electron chi connectivity index (χ2n) is 5.88. The molecule has 23 heavy (non-hydrogen) atoms. The average Bonchev–Trinajstić information content (AvgIpc) is 2.88. The van der Waals surface area contributed by atoms with Gasteiger partial charge in [0, 0.05) is 50.8 Å². The maximum atomic E-state index is 12.4. The van der Waals surface area contributed by atoms with Gasteiger partial charge < -0.3 is 4.90 Å². The summed E-state index contributed by atoms with van der Waals surface area (Å²) in [4.78, 5) is 20.2. The Morgan fingerprint density at radius 2 is 2.09 bits per heavy atom. The topological polar surface area (TPSA) is 54.3 Å². The van der Waals surface area contributed by atoms with Gasteiger partial charge in [-0.05, 0) is 32.5 Å².